The summed E-state index contributed by atoms with van der Waals surface area (Å²) in [5.41, 5.74) is 3.93. The van der Waals surface area contributed by atoms with Crippen LogP contribution in [0.1, 0.15) is 37.9 Å². The number of rotatable bonds is 6. The Bertz CT molecular complexity index is 1230. The molecule has 31 heavy (non-hydrogen) atoms. The summed E-state index contributed by atoms with van der Waals surface area (Å²) in [6.07, 6.45) is 1.05. The van der Waals surface area contributed by atoms with Gasteiger partial charge in [0.1, 0.15) is 6.54 Å². The van der Waals surface area contributed by atoms with Crippen molar-refractivity contribution in [1.82, 2.24) is 9.88 Å². The number of aromatic nitrogens is 1. The van der Waals surface area contributed by atoms with E-state index in [0.29, 0.717) is 16.7 Å². The predicted molar refractivity (Wildman–Crippen MR) is 127 cm³/mol. The standard InChI is InChI=1S/C27H28N2O2/c1-18(2)16-20-12-14-21(15-13-20)19(3)28-26(30)17-29-24-10-6-4-8-22(24)27(31)23-9-5-7-11-25(23)29/h4-15,18-19H,16-17H2,1-3H3,(H,28,30). The van der Waals surface area contributed by atoms with E-state index in [2.05, 4.69) is 43.4 Å². The lowest BCUT2D eigenvalue weighted by atomic mass is 10.00. The first-order chi connectivity index (χ1) is 14.9. The fourth-order valence-corrected chi connectivity index (χ4v) is 4.18. The van der Waals surface area contributed by atoms with Gasteiger partial charge in [0.2, 0.25) is 5.91 Å². The first kappa shape index (κ1) is 20.9. The van der Waals surface area contributed by atoms with Crippen LogP contribution in [0.4, 0.5) is 0 Å². The number of carbonyl (C=O) groups excluding carboxylic acids is 1. The Labute approximate surface area is 182 Å². The lowest BCUT2D eigenvalue weighted by molar-refractivity contribution is -0.122. The van der Waals surface area contributed by atoms with Gasteiger partial charge in [-0.05, 0) is 54.7 Å². The summed E-state index contributed by atoms with van der Waals surface area (Å²) in [4.78, 5) is 25.8. The van der Waals surface area contributed by atoms with Crippen LogP contribution in [-0.4, -0.2) is 10.5 Å². The molecule has 0 bridgehead atoms. The summed E-state index contributed by atoms with van der Waals surface area (Å²) in [5, 5.41) is 4.37. The van der Waals surface area contributed by atoms with Crippen LogP contribution in [0.2, 0.25) is 0 Å². The number of benzene rings is 3. The zero-order valence-corrected chi connectivity index (χ0v) is 18.3. The molecule has 0 saturated heterocycles. The smallest absolute Gasteiger partial charge is 0.240 e. The summed E-state index contributed by atoms with van der Waals surface area (Å²) >= 11 is 0. The first-order valence-electron chi connectivity index (χ1n) is 10.8. The highest BCUT2D eigenvalue weighted by atomic mass is 16.2. The molecule has 4 aromatic rings. The lowest BCUT2D eigenvalue weighted by Gasteiger charge is -2.18. The topological polar surface area (TPSA) is 51.1 Å². The van der Waals surface area contributed by atoms with Crippen molar-refractivity contribution in [1.29, 1.82) is 0 Å². The predicted octanol–water partition coefficient (Wildman–Crippen LogP) is 5.23. The third kappa shape index (κ3) is 4.38. The molecule has 1 N–H and O–H groups in total. The molecule has 0 aliphatic heterocycles. The Hall–Kier alpha value is -3.40. The van der Waals surface area contributed by atoms with Gasteiger partial charge in [0.25, 0.3) is 0 Å². The van der Waals surface area contributed by atoms with Gasteiger partial charge < -0.3 is 9.88 Å². The second-order valence-corrected chi connectivity index (χ2v) is 8.58. The van der Waals surface area contributed by atoms with Crippen molar-refractivity contribution in [2.45, 2.75) is 39.8 Å². The molecule has 0 aliphatic rings. The van der Waals surface area contributed by atoms with E-state index < -0.39 is 0 Å². The van der Waals surface area contributed by atoms with Gasteiger partial charge in [-0.2, -0.15) is 0 Å². The van der Waals surface area contributed by atoms with E-state index in [4.69, 9.17) is 0 Å². The molecule has 1 atom stereocenters. The number of para-hydroxylation sites is 2. The maximum atomic E-state index is 13.0. The van der Waals surface area contributed by atoms with Crippen LogP contribution in [0, 0.1) is 5.92 Å². The summed E-state index contributed by atoms with van der Waals surface area (Å²) < 4.78 is 1.93. The van der Waals surface area contributed by atoms with Crippen molar-refractivity contribution in [3.05, 3.63) is 94.1 Å². The Kier molecular flexibility index (Phi) is 5.90. The van der Waals surface area contributed by atoms with E-state index in [0.717, 1.165) is 23.0 Å². The molecule has 0 radical (unpaired) electrons. The van der Waals surface area contributed by atoms with Crippen LogP contribution in [0.5, 0.6) is 0 Å². The van der Waals surface area contributed by atoms with E-state index >= 15 is 0 Å². The van der Waals surface area contributed by atoms with Crippen molar-refractivity contribution < 1.29 is 4.79 Å². The molecule has 4 heteroatoms. The van der Waals surface area contributed by atoms with Crippen molar-refractivity contribution in [3.8, 4) is 0 Å². The van der Waals surface area contributed by atoms with Crippen LogP contribution in [0.15, 0.2) is 77.6 Å². The number of carbonyl (C=O) groups is 1. The van der Waals surface area contributed by atoms with Crippen LogP contribution >= 0.6 is 0 Å². The number of hydrogen-bond donors (Lipinski definition) is 1. The number of nitrogens with zero attached hydrogens (tertiary/aromatic N) is 1. The van der Waals surface area contributed by atoms with Crippen molar-refractivity contribution in [3.63, 3.8) is 0 Å². The number of pyridine rings is 1. The molecule has 3 aromatic carbocycles. The zero-order valence-electron chi connectivity index (χ0n) is 18.3. The van der Waals surface area contributed by atoms with E-state index in [1.54, 1.807) is 0 Å². The molecule has 0 aliphatic carbocycles. The summed E-state index contributed by atoms with van der Waals surface area (Å²) in [6.45, 7) is 6.57. The fourth-order valence-electron chi connectivity index (χ4n) is 4.18. The SMILES string of the molecule is CC(C)Cc1ccc(C(C)NC(=O)Cn2c3ccccc3c(=O)c3ccccc32)cc1. The summed E-state index contributed by atoms with van der Waals surface area (Å²) in [7, 11) is 0. The number of fused-ring (bicyclic) bond motifs is 2. The Morgan fingerprint density at radius 2 is 1.39 bits per heavy atom. The molecule has 0 fully saturated rings. The second kappa shape index (κ2) is 8.76. The summed E-state index contributed by atoms with van der Waals surface area (Å²) in [6, 6.07) is 23.3. The molecule has 1 aromatic heterocycles. The first-order valence-corrected chi connectivity index (χ1v) is 10.8. The van der Waals surface area contributed by atoms with Gasteiger partial charge in [-0.15, -0.1) is 0 Å². The monoisotopic (exact) mass is 412 g/mol. The minimum Gasteiger partial charge on any atom is -0.348 e. The van der Waals surface area contributed by atoms with Gasteiger partial charge in [0.05, 0.1) is 17.1 Å². The molecule has 1 amide bonds. The molecule has 0 spiro atoms. The molecule has 1 heterocycles. The largest absolute Gasteiger partial charge is 0.348 e. The van der Waals surface area contributed by atoms with Gasteiger partial charge in [0.15, 0.2) is 5.43 Å². The van der Waals surface area contributed by atoms with Gasteiger partial charge in [-0.25, -0.2) is 0 Å². The minimum atomic E-state index is -0.0995. The van der Waals surface area contributed by atoms with Gasteiger partial charge >= 0.3 is 0 Å². The quantitative estimate of drug-likeness (QED) is 0.441. The maximum absolute atomic E-state index is 13.0. The van der Waals surface area contributed by atoms with Crippen LogP contribution in [0.3, 0.4) is 0 Å². The highest BCUT2D eigenvalue weighted by molar-refractivity contribution is 5.94. The van der Waals surface area contributed by atoms with Gasteiger partial charge in [0, 0.05) is 10.8 Å². The van der Waals surface area contributed by atoms with Crippen LogP contribution in [-0.2, 0) is 17.8 Å². The Morgan fingerprint density at radius 1 is 0.839 bits per heavy atom. The van der Waals surface area contributed by atoms with Gasteiger partial charge in [-0.3, -0.25) is 9.59 Å². The van der Waals surface area contributed by atoms with Crippen LogP contribution in [0.25, 0.3) is 21.8 Å². The van der Waals surface area contributed by atoms with E-state index in [-0.39, 0.29) is 23.9 Å². The van der Waals surface area contributed by atoms with Crippen molar-refractivity contribution in [2.75, 3.05) is 0 Å². The molecule has 1 unspecified atom stereocenters. The Morgan fingerprint density at radius 3 is 1.94 bits per heavy atom. The van der Waals surface area contributed by atoms with E-state index in [1.807, 2.05) is 60.0 Å². The fraction of sp³-hybridized carbons (Fsp3) is 0.259. The molecule has 0 saturated carbocycles. The molecule has 4 nitrogen and oxygen atoms in total. The molecular formula is C27H28N2O2. The third-order valence-corrected chi connectivity index (χ3v) is 5.68. The van der Waals surface area contributed by atoms with Crippen LogP contribution < -0.4 is 10.7 Å². The highest BCUT2D eigenvalue weighted by Crippen LogP contribution is 2.20. The van der Waals surface area contributed by atoms with Gasteiger partial charge in [-0.1, -0.05) is 62.4 Å². The minimum absolute atomic E-state index is 0.00212. The van der Waals surface area contributed by atoms with E-state index in [9.17, 15) is 9.59 Å². The average molecular weight is 413 g/mol. The zero-order chi connectivity index (χ0) is 22.0. The second-order valence-electron chi connectivity index (χ2n) is 8.58. The number of hydrogen-bond acceptors (Lipinski definition) is 2. The maximum Gasteiger partial charge on any atom is 0.240 e. The number of nitrogens with one attached hydrogen (secondary N) is 1. The average Bonchev–Trinajstić information content (AvgIpc) is 2.76. The third-order valence-electron chi connectivity index (χ3n) is 5.68. The normalized spacial score (nSPS) is 12.4. The van der Waals surface area contributed by atoms with E-state index in [1.165, 1.54) is 5.56 Å². The number of amides is 1. The van der Waals surface area contributed by atoms with Crippen molar-refractivity contribution >= 4 is 27.7 Å². The highest BCUT2D eigenvalue weighted by Gasteiger charge is 2.15. The molecular weight excluding hydrogens is 384 g/mol. The molecule has 158 valence electrons. The summed E-state index contributed by atoms with van der Waals surface area (Å²) in [5.74, 6) is 0.530. The van der Waals surface area contributed by atoms with Crippen molar-refractivity contribution in [2.24, 2.45) is 5.92 Å². The molecule has 4 rings (SSSR count). The Balaban J connectivity index is 1.60. The lowest BCUT2D eigenvalue weighted by Crippen LogP contribution is -2.30.